The molecule has 0 saturated heterocycles. The van der Waals surface area contributed by atoms with Crippen molar-refractivity contribution >= 4 is 25.8 Å². The SMILES string of the molecule is Br.CC(C)CCPOc1ccccc1. The van der Waals surface area contributed by atoms with Crippen LogP contribution >= 0.6 is 25.8 Å². The lowest BCUT2D eigenvalue weighted by Crippen LogP contribution is -1.89. The molecule has 14 heavy (non-hydrogen) atoms. The van der Waals surface area contributed by atoms with E-state index >= 15 is 0 Å². The van der Waals surface area contributed by atoms with Gasteiger partial charge in [-0.05, 0) is 24.5 Å². The molecular weight excluding hydrogens is 259 g/mol. The Kier molecular flexibility index (Phi) is 8.21. The Bertz CT molecular complexity index is 226. The van der Waals surface area contributed by atoms with E-state index in [1.54, 1.807) is 0 Å². The van der Waals surface area contributed by atoms with Crippen molar-refractivity contribution < 1.29 is 4.52 Å². The Morgan fingerprint density at radius 3 is 2.43 bits per heavy atom. The van der Waals surface area contributed by atoms with Crippen molar-refractivity contribution in [3.8, 4) is 5.75 Å². The highest BCUT2D eigenvalue weighted by molar-refractivity contribution is 8.93. The van der Waals surface area contributed by atoms with Crippen LogP contribution in [0.25, 0.3) is 0 Å². The van der Waals surface area contributed by atoms with Crippen molar-refractivity contribution in [3.05, 3.63) is 30.3 Å². The number of para-hydroxylation sites is 1. The van der Waals surface area contributed by atoms with Gasteiger partial charge in [-0.1, -0.05) is 32.0 Å². The Morgan fingerprint density at radius 1 is 1.21 bits per heavy atom. The molecule has 0 aliphatic heterocycles. The van der Waals surface area contributed by atoms with E-state index in [-0.39, 0.29) is 17.0 Å². The monoisotopic (exact) mass is 276 g/mol. The van der Waals surface area contributed by atoms with Crippen LogP contribution in [-0.2, 0) is 0 Å². The molecule has 0 spiro atoms. The molecule has 3 heteroatoms. The van der Waals surface area contributed by atoms with Gasteiger partial charge in [-0.3, -0.25) is 0 Å². The first kappa shape index (κ1) is 13.9. The second-order valence-electron chi connectivity index (χ2n) is 3.49. The molecular formula is C11H18BrOP. The van der Waals surface area contributed by atoms with Gasteiger partial charge in [0.05, 0.1) is 8.81 Å². The number of benzene rings is 1. The fourth-order valence-electron chi connectivity index (χ4n) is 0.971. The predicted molar refractivity (Wildman–Crippen MR) is 70.0 cm³/mol. The van der Waals surface area contributed by atoms with Gasteiger partial charge in [0.2, 0.25) is 0 Å². The zero-order valence-corrected chi connectivity index (χ0v) is 11.4. The Balaban J connectivity index is 0.00000169. The maximum Gasteiger partial charge on any atom is 0.122 e. The molecule has 0 N–H and O–H groups in total. The van der Waals surface area contributed by atoms with Crippen LogP contribution in [0, 0.1) is 5.92 Å². The lowest BCUT2D eigenvalue weighted by Gasteiger charge is -2.06. The summed E-state index contributed by atoms with van der Waals surface area (Å²) in [6, 6.07) is 10.0. The second-order valence-corrected chi connectivity index (χ2v) is 4.48. The minimum atomic E-state index is 0. The van der Waals surface area contributed by atoms with Crippen LogP contribution in [0.4, 0.5) is 0 Å². The van der Waals surface area contributed by atoms with E-state index in [2.05, 4.69) is 13.8 Å². The van der Waals surface area contributed by atoms with Crippen molar-refractivity contribution in [2.45, 2.75) is 20.3 Å². The van der Waals surface area contributed by atoms with E-state index in [1.165, 1.54) is 12.6 Å². The molecule has 1 rings (SSSR count). The average molecular weight is 277 g/mol. The van der Waals surface area contributed by atoms with Gasteiger partial charge >= 0.3 is 0 Å². The highest BCUT2D eigenvalue weighted by Crippen LogP contribution is 2.21. The summed E-state index contributed by atoms with van der Waals surface area (Å²) in [5, 5.41) is 0. The standard InChI is InChI=1S/C11H17OP.BrH/c1-10(2)8-9-13-12-11-6-4-3-5-7-11;/h3-7,10,13H,8-9H2,1-2H3;1H. The average Bonchev–Trinajstić information content (AvgIpc) is 2.14. The number of hydrogen-bond donors (Lipinski definition) is 0. The first-order valence-corrected chi connectivity index (χ1v) is 5.85. The van der Waals surface area contributed by atoms with Crippen molar-refractivity contribution in [2.24, 2.45) is 5.92 Å². The highest BCUT2D eigenvalue weighted by Gasteiger charge is 1.95. The fraction of sp³-hybridized carbons (Fsp3) is 0.455. The number of halogens is 1. The van der Waals surface area contributed by atoms with Crippen LogP contribution in [0.2, 0.25) is 0 Å². The highest BCUT2D eigenvalue weighted by atomic mass is 79.9. The van der Waals surface area contributed by atoms with Crippen LogP contribution < -0.4 is 4.52 Å². The molecule has 80 valence electrons. The van der Waals surface area contributed by atoms with Gasteiger partial charge in [0.1, 0.15) is 5.75 Å². The molecule has 0 saturated carbocycles. The van der Waals surface area contributed by atoms with Gasteiger partial charge in [-0.15, -0.1) is 17.0 Å². The minimum Gasteiger partial charge on any atom is -0.477 e. The van der Waals surface area contributed by atoms with Crippen molar-refractivity contribution in [1.82, 2.24) is 0 Å². The van der Waals surface area contributed by atoms with Crippen molar-refractivity contribution in [2.75, 3.05) is 6.16 Å². The molecule has 0 amide bonds. The molecule has 0 fully saturated rings. The molecule has 1 aromatic carbocycles. The number of hydrogen-bond acceptors (Lipinski definition) is 1. The summed E-state index contributed by atoms with van der Waals surface area (Å²) < 4.78 is 5.58. The largest absolute Gasteiger partial charge is 0.477 e. The lowest BCUT2D eigenvalue weighted by molar-refractivity contribution is 0.597. The molecule has 0 aliphatic carbocycles. The Morgan fingerprint density at radius 2 is 1.86 bits per heavy atom. The Labute approximate surface area is 98.9 Å². The first-order chi connectivity index (χ1) is 6.29. The topological polar surface area (TPSA) is 9.23 Å². The first-order valence-electron chi connectivity index (χ1n) is 4.74. The lowest BCUT2D eigenvalue weighted by atomic mass is 10.2. The van der Waals surface area contributed by atoms with Gasteiger partial charge < -0.3 is 4.52 Å². The molecule has 1 nitrogen and oxygen atoms in total. The van der Waals surface area contributed by atoms with Gasteiger partial charge in [0, 0.05) is 6.16 Å². The zero-order chi connectivity index (χ0) is 9.52. The van der Waals surface area contributed by atoms with Gasteiger partial charge in [0.15, 0.2) is 0 Å². The Hall–Kier alpha value is -0.0700. The van der Waals surface area contributed by atoms with E-state index in [4.69, 9.17) is 4.52 Å². The summed E-state index contributed by atoms with van der Waals surface area (Å²) in [5.41, 5.74) is 0. The van der Waals surface area contributed by atoms with Crippen LogP contribution in [-0.4, -0.2) is 6.16 Å². The summed E-state index contributed by atoms with van der Waals surface area (Å²) in [4.78, 5) is 0. The van der Waals surface area contributed by atoms with E-state index in [9.17, 15) is 0 Å². The van der Waals surface area contributed by atoms with Crippen molar-refractivity contribution in [3.63, 3.8) is 0 Å². The maximum absolute atomic E-state index is 5.58. The molecule has 0 bridgehead atoms. The third-order valence-electron chi connectivity index (χ3n) is 1.76. The summed E-state index contributed by atoms with van der Waals surface area (Å²) in [7, 11) is 0.602. The van der Waals surface area contributed by atoms with Crippen LogP contribution in [0.5, 0.6) is 5.75 Å². The quantitative estimate of drug-likeness (QED) is 0.576. The summed E-state index contributed by atoms with van der Waals surface area (Å²) in [5.74, 6) is 1.77. The smallest absolute Gasteiger partial charge is 0.122 e. The summed E-state index contributed by atoms with van der Waals surface area (Å²) in [6.45, 7) is 4.49. The summed E-state index contributed by atoms with van der Waals surface area (Å²) >= 11 is 0. The molecule has 0 radical (unpaired) electrons. The molecule has 1 unspecified atom stereocenters. The minimum absolute atomic E-state index is 0. The molecule has 0 heterocycles. The van der Waals surface area contributed by atoms with E-state index in [0.29, 0.717) is 8.81 Å². The van der Waals surface area contributed by atoms with Gasteiger partial charge in [-0.25, -0.2) is 0 Å². The van der Waals surface area contributed by atoms with Crippen LogP contribution in [0.15, 0.2) is 30.3 Å². The maximum atomic E-state index is 5.58. The third-order valence-corrected chi connectivity index (χ3v) is 2.63. The molecule has 1 aromatic rings. The van der Waals surface area contributed by atoms with Crippen molar-refractivity contribution in [1.29, 1.82) is 0 Å². The van der Waals surface area contributed by atoms with E-state index in [1.807, 2.05) is 30.3 Å². The molecule has 0 aromatic heterocycles. The van der Waals surface area contributed by atoms with Gasteiger partial charge in [-0.2, -0.15) is 0 Å². The van der Waals surface area contributed by atoms with Gasteiger partial charge in [0.25, 0.3) is 0 Å². The normalized spacial score (nSPS) is 10.5. The third kappa shape index (κ3) is 6.39. The van der Waals surface area contributed by atoms with Crippen LogP contribution in [0.1, 0.15) is 20.3 Å². The predicted octanol–water partition coefficient (Wildman–Crippen LogP) is 4.28. The van der Waals surface area contributed by atoms with E-state index < -0.39 is 0 Å². The second kappa shape index (κ2) is 8.26. The van der Waals surface area contributed by atoms with E-state index in [0.717, 1.165) is 11.7 Å². The number of rotatable bonds is 5. The summed E-state index contributed by atoms with van der Waals surface area (Å²) in [6.07, 6.45) is 2.43. The zero-order valence-electron chi connectivity index (χ0n) is 8.69. The molecule has 1 atom stereocenters. The van der Waals surface area contributed by atoms with Crippen LogP contribution in [0.3, 0.4) is 0 Å². The molecule has 0 aliphatic rings. The fourth-order valence-corrected chi connectivity index (χ4v) is 2.07.